The number of halogens is 2. The molecule has 170 valence electrons. The summed E-state index contributed by atoms with van der Waals surface area (Å²) in [4.78, 5) is 24.2. The molecule has 2 heterocycles. The van der Waals surface area contributed by atoms with Gasteiger partial charge in [-0.25, -0.2) is 18.1 Å². The normalized spacial score (nSPS) is 13.8. The Morgan fingerprint density at radius 3 is 2.78 bits per heavy atom. The lowest BCUT2D eigenvalue weighted by Gasteiger charge is -2.11. The Bertz CT molecular complexity index is 1320. The van der Waals surface area contributed by atoms with Crippen LogP contribution in [0.4, 0.5) is 10.2 Å². The van der Waals surface area contributed by atoms with E-state index in [-0.39, 0.29) is 41.5 Å². The highest BCUT2D eigenvalue weighted by atomic mass is 127. The van der Waals surface area contributed by atoms with E-state index in [1.165, 1.54) is 0 Å². The van der Waals surface area contributed by atoms with Gasteiger partial charge in [-0.2, -0.15) is 14.4 Å². The quantitative estimate of drug-likeness (QED) is 0.313. The van der Waals surface area contributed by atoms with Crippen LogP contribution in [0.5, 0.6) is 0 Å². The van der Waals surface area contributed by atoms with Gasteiger partial charge in [0.05, 0.1) is 5.75 Å². The SMILES string of the molecule is CCNS(=O)(=O)CCCn1c(Cc2cc3c(cc2I)CCC3=O)nc2c(N)nc(F)nc21. The molecule has 32 heavy (non-hydrogen) atoms. The average molecular weight is 572 g/mol. The molecular formula is C20H22FIN6O3S. The second-order valence-corrected chi connectivity index (χ2v) is 10.7. The Kier molecular flexibility index (Phi) is 6.45. The van der Waals surface area contributed by atoms with Crippen LogP contribution in [0.1, 0.15) is 47.1 Å². The molecule has 9 nitrogen and oxygen atoms in total. The summed E-state index contributed by atoms with van der Waals surface area (Å²) in [5.74, 6) is 0.507. The lowest BCUT2D eigenvalue weighted by molar-refractivity contribution is 0.0994. The number of nitrogens with zero attached hydrogens (tertiary/aromatic N) is 4. The smallest absolute Gasteiger partial charge is 0.312 e. The summed E-state index contributed by atoms with van der Waals surface area (Å²) in [5, 5.41) is 0. The van der Waals surface area contributed by atoms with E-state index in [9.17, 15) is 17.6 Å². The summed E-state index contributed by atoms with van der Waals surface area (Å²) in [6.07, 6.45) is 0.920. The van der Waals surface area contributed by atoms with Gasteiger partial charge in [-0.05, 0) is 58.7 Å². The summed E-state index contributed by atoms with van der Waals surface area (Å²) in [6, 6.07) is 3.90. The number of nitrogens with one attached hydrogen (secondary N) is 1. The van der Waals surface area contributed by atoms with Gasteiger partial charge in [0.15, 0.2) is 22.8 Å². The van der Waals surface area contributed by atoms with Crippen LogP contribution < -0.4 is 10.5 Å². The molecule has 1 aromatic carbocycles. The van der Waals surface area contributed by atoms with Gasteiger partial charge in [0, 0.05) is 35.1 Å². The number of hydrogen-bond acceptors (Lipinski definition) is 7. The Hall–Kier alpha value is -2.19. The fraction of sp³-hybridized carbons (Fsp3) is 0.400. The number of sulfonamides is 1. The maximum atomic E-state index is 13.9. The fourth-order valence-corrected chi connectivity index (χ4v) is 5.74. The monoisotopic (exact) mass is 572 g/mol. The van der Waals surface area contributed by atoms with E-state index in [1.807, 2.05) is 12.1 Å². The Morgan fingerprint density at radius 2 is 2.03 bits per heavy atom. The van der Waals surface area contributed by atoms with E-state index < -0.39 is 16.1 Å². The summed E-state index contributed by atoms with van der Waals surface area (Å²) in [5.41, 5.74) is 9.04. The summed E-state index contributed by atoms with van der Waals surface area (Å²) < 4.78 is 43.1. The Balaban J connectivity index is 1.71. The van der Waals surface area contributed by atoms with Gasteiger partial charge in [-0.1, -0.05) is 6.92 Å². The number of nitrogens with two attached hydrogens (primary N) is 1. The molecule has 0 unspecified atom stereocenters. The van der Waals surface area contributed by atoms with E-state index in [0.29, 0.717) is 25.2 Å². The Labute approximate surface area is 198 Å². The van der Waals surface area contributed by atoms with E-state index in [2.05, 4.69) is 42.3 Å². The summed E-state index contributed by atoms with van der Waals surface area (Å²) in [6.45, 7) is 2.28. The van der Waals surface area contributed by atoms with Crippen LogP contribution in [0.2, 0.25) is 0 Å². The first-order valence-electron chi connectivity index (χ1n) is 10.2. The van der Waals surface area contributed by atoms with Gasteiger partial charge >= 0.3 is 6.08 Å². The minimum Gasteiger partial charge on any atom is -0.382 e. The van der Waals surface area contributed by atoms with Crippen molar-refractivity contribution in [1.82, 2.24) is 24.2 Å². The van der Waals surface area contributed by atoms with Crippen molar-refractivity contribution in [3.63, 3.8) is 0 Å². The third-order valence-electron chi connectivity index (χ3n) is 5.38. The number of anilines is 1. The number of Topliss-reactive ketones (excluding diaryl/α,β-unsaturated/α-hetero) is 1. The minimum atomic E-state index is -3.40. The molecule has 0 radical (unpaired) electrons. The first-order chi connectivity index (χ1) is 15.2. The molecule has 0 aliphatic heterocycles. The van der Waals surface area contributed by atoms with Crippen molar-refractivity contribution in [2.45, 2.75) is 39.2 Å². The van der Waals surface area contributed by atoms with Crippen LogP contribution >= 0.6 is 22.6 Å². The number of imidazole rings is 1. The molecule has 3 N–H and O–H groups in total. The lowest BCUT2D eigenvalue weighted by Crippen LogP contribution is -2.26. The molecule has 0 spiro atoms. The predicted octanol–water partition coefficient (Wildman–Crippen LogP) is 2.20. The van der Waals surface area contributed by atoms with E-state index in [1.54, 1.807) is 11.5 Å². The molecule has 1 aliphatic rings. The van der Waals surface area contributed by atoms with Crippen molar-refractivity contribution in [2.75, 3.05) is 18.0 Å². The van der Waals surface area contributed by atoms with Crippen molar-refractivity contribution >= 4 is 55.4 Å². The molecule has 0 saturated heterocycles. The highest BCUT2D eigenvalue weighted by Gasteiger charge is 2.23. The number of hydrogen-bond donors (Lipinski definition) is 2. The van der Waals surface area contributed by atoms with Crippen molar-refractivity contribution < 1.29 is 17.6 Å². The number of aryl methyl sites for hydroxylation is 2. The van der Waals surface area contributed by atoms with Gasteiger partial charge in [-0.3, -0.25) is 4.79 Å². The van der Waals surface area contributed by atoms with Crippen LogP contribution in [0.15, 0.2) is 12.1 Å². The third kappa shape index (κ3) is 4.62. The largest absolute Gasteiger partial charge is 0.382 e. The van der Waals surface area contributed by atoms with Crippen LogP contribution in [-0.4, -0.2) is 46.0 Å². The molecule has 1 aliphatic carbocycles. The number of nitrogen functional groups attached to an aromatic ring is 1. The molecule has 0 bridgehead atoms. The zero-order valence-electron chi connectivity index (χ0n) is 17.4. The van der Waals surface area contributed by atoms with Gasteiger partial charge in [0.1, 0.15) is 5.82 Å². The molecule has 3 aromatic rings. The molecule has 0 atom stereocenters. The van der Waals surface area contributed by atoms with Crippen LogP contribution in [0, 0.1) is 9.65 Å². The number of aromatic nitrogens is 4. The third-order valence-corrected chi connectivity index (χ3v) is 7.93. The second-order valence-electron chi connectivity index (χ2n) is 7.60. The number of carbonyl (C=O) groups is 1. The van der Waals surface area contributed by atoms with E-state index in [0.717, 1.165) is 26.7 Å². The van der Waals surface area contributed by atoms with Crippen LogP contribution in [0.3, 0.4) is 0 Å². The number of benzene rings is 1. The molecule has 2 aromatic heterocycles. The minimum absolute atomic E-state index is 0.0772. The number of rotatable bonds is 8. The van der Waals surface area contributed by atoms with E-state index in [4.69, 9.17) is 5.73 Å². The first-order valence-corrected chi connectivity index (χ1v) is 12.9. The van der Waals surface area contributed by atoms with Gasteiger partial charge in [0.2, 0.25) is 10.0 Å². The number of ketones is 1. The highest BCUT2D eigenvalue weighted by molar-refractivity contribution is 14.1. The average Bonchev–Trinajstić information content (AvgIpc) is 3.23. The van der Waals surface area contributed by atoms with Crippen LogP contribution in [0.25, 0.3) is 11.2 Å². The number of fused-ring (bicyclic) bond motifs is 2. The first kappa shape index (κ1) is 23.0. The second kappa shape index (κ2) is 8.98. The molecular weight excluding hydrogens is 550 g/mol. The predicted molar refractivity (Wildman–Crippen MR) is 126 cm³/mol. The topological polar surface area (TPSA) is 133 Å². The number of carbonyl (C=O) groups excluding carboxylic acids is 1. The zero-order valence-corrected chi connectivity index (χ0v) is 20.3. The molecule has 4 rings (SSSR count). The molecule has 12 heteroatoms. The highest BCUT2D eigenvalue weighted by Crippen LogP contribution is 2.29. The van der Waals surface area contributed by atoms with Crippen molar-refractivity contribution in [2.24, 2.45) is 0 Å². The Morgan fingerprint density at radius 1 is 1.25 bits per heavy atom. The lowest BCUT2D eigenvalue weighted by atomic mass is 10.0. The maximum absolute atomic E-state index is 13.9. The molecule has 0 fully saturated rings. The zero-order chi connectivity index (χ0) is 23.0. The van der Waals surface area contributed by atoms with Crippen molar-refractivity contribution in [1.29, 1.82) is 0 Å². The van der Waals surface area contributed by atoms with Gasteiger partial charge in [0.25, 0.3) is 0 Å². The van der Waals surface area contributed by atoms with Crippen LogP contribution in [-0.2, 0) is 29.4 Å². The van der Waals surface area contributed by atoms with Gasteiger partial charge in [-0.15, -0.1) is 0 Å². The summed E-state index contributed by atoms with van der Waals surface area (Å²) in [7, 11) is -3.40. The van der Waals surface area contributed by atoms with Crippen molar-refractivity contribution in [3.05, 3.63) is 44.3 Å². The van der Waals surface area contributed by atoms with Crippen molar-refractivity contribution in [3.8, 4) is 0 Å². The maximum Gasteiger partial charge on any atom is 0.312 e. The summed E-state index contributed by atoms with van der Waals surface area (Å²) >= 11 is 2.23. The fourth-order valence-electron chi connectivity index (χ4n) is 3.93. The molecule has 0 saturated carbocycles. The van der Waals surface area contributed by atoms with E-state index >= 15 is 0 Å². The molecule has 0 amide bonds. The standard InChI is InChI=1S/C20H22FIN6O3S/c1-2-24-32(30,31)7-3-6-28-16(25-17-18(23)26-20(21)27-19(17)28)10-12-8-13-11(9-14(12)22)4-5-15(13)29/h8-9,24H,2-7,10H2,1H3,(H2,23,26,27). The van der Waals surface area contributed by atoms with Gasteiger partial charge < -0.3 is 10.3 Å².